The van der Waals surface area contributed by atoms with E-state index in [1.54, 1.807) is 12.1 Å². The first-order valence-electron chi connectivity index (χ1n) is 4.43. The van der Waals surface area contributed by atoms with Crippen molar-refractivity contribution in [3.05, 3.63) is 17.7 Å². The van der Waals surface area contributed by atoms with E-state index < -0.39 is 0 Å². The molecule has 1 heterocycles. The van der Waals surface area contributed by atoms with Crippen LogP contribution in [0.1, 0.15) is 17.3 Å². The molecule has 0 fully saturated rings. The highest BCUT2D eigenvalue weighted by Crippen LogP contribution is 2.22. The predicted molar refractivity (Wildman–Crippen MR) is 62.4 cm³/mol. The number of pyridine rings is 1. The average Bonchev–Trinajstić information content (AvgIpc) is 2.30. The summed E-state index contributed by atoms with van der Waals surface area (Å²) in [5.41, 5.74) is 0.376. The molecule has 0 radical (unpaired) electrons. The third-order valence-electron chi connectivity index (χ3n) is 1.90. The number of aromatic nitrogens is 1. The number of methoxy groups -OCH3 is 1. The highest BCUT2D eigenvalue weighted by atomic mass is 16.5. The second kappa shape index (κ2) is 5.01. The van der Waals surface area contributed by atoms with Gasteiger partial charge < -0.3 is 4.74 Å². The van der Waals surface area contributed by atoms with E-state index in [2.05, 4.69) is 28.6 Å². The Hall–Kier alpha value is -2.24. The monoisotopic (exact) mass is 220 g/mol. The van der Waals surface area contributed by atoms with Gasteiger partial charge in [-0.2, -0.15) is 15.2 Å². The van der Waals surface area contributed by atoms with Crippen molar-refractivity contribution >= 4 is 25.0 Å². The minimum atomic E-state index is -0.151. The van der Waals surface area contributed by atoms with E-state index in [4.69, 9.17) is 4.74 Å². The minimum Gasteiger partial charge on any atom is -0.481 e. The van der Waals surface area contributed by atoms with Gasteiger partial charge in [-0.15, -0.1) is 5.12 Å². The van der Waals surface area contributed by atoms with Crippen molar-refractivity contribution < 1.29 is 9.53 Å². The standard InChI is InChI=1S/C10H12N4O2/c1-7(15)8-5-6-9(16-4)13-10(8)14(11-2)12-3/h5-6H,2-3H2,1,4H3. The van der Waals surface area contributed by atoms with Gasteiger partial charge in [0.1, 0.15) is 0 Å². The molecule has 6 nitrogen and oxygen atoms in total. The van der Waals surface area contributed by atoms with Crippen molar-refractivity contribution in [3.8, 4) is 5.88 Å². The molecule has 1 aromatic heterocycles. The molecule has 0 atom stereocenters. The van der Waals surface area contributed by atoms with Gasteiger partial charge in [-0.05, 0) is 13.0 Å². The van der Waals surface area contributed by atoms with Crippen molar-refractivity contribution in [2.24, 2.45) is 10.2 Å². The molecule has 0 bridgehead atoms. The van der Waals surface area contributed by atoms with Gasteiger partial charge in [0.25, 0.3) is 0 Å². The van der Waals surface area contributed by atoms with Crippen LogP contribution >= 0.6 is 0 Å². The summed E-state index contributed by atoms with van der Waals surface area (Å²) >= 11 is 0. The number of hydrogen-bond donors (Lipinski definition) is 0. The maximum atomic E-state index is 11.4. The van der Waals surface area contributed by atoms with Crippen LogP contribution in [-0.2, 0) is 0 Å². The summed E-state index contributed by atoms with van der Waals surface area (Å²) in [5.74, 6) is 0.455. The second-order valence-corrected chi connectivity index (χ2v) is 2.85. The first kappa shape index (κ1) is 11.8. The molecule has 0 unspecified atom stereocenters. The Labute approximate surface area is 93.2 Å². The summed E-state index contributed by atoms with van der Waals surface area (Å²) in [7, 11) is 1.48. The van der Waals surface area contributed by atoms with Crippen LogP contribution in [0.25, 0.3) is 0 Å². The molecule has 0 saturated carbocycles. The van der Waals surface area contributed by atoms with Gasteiger partial charge in [0.15, 0.2) is 11.6 Å². The molecular formula is C10H12N4O2. The number of anilines is 1. The van der Waals surface area contributed by atoms with Crippen LogP contribution in [0.4, 0.5) is 5.82 Å². The molecular weight excluding hydrogens is 208 g/mol. The minimum absolute atomic E-state index is 0.151. The zero-order valence-electron chi connectivity index (χ0n) is 9.17. The average molecular weight is 220 g/mol. The Kier molecular flexibility index (Phi) is 3.71. The van der Waals surface area contributed by atoms with Crippen LogP contribution in [0.15, 0.2) is 22.3 Å². The van der Waals surface area contributed by atoms with Crippen LogP contribution in [0.3, 0.4) is 0 Å². The Morgan fingerprint density at radius 3 is 2.50 bits per heavy atom. The number of nitrogens with zero attached hydrogens (tertiary/aromatic N) is 4. The van der Waals surface area contributed by atoms with E-state index in [0.29, 0.717) is 11.4 Å². The third-order valence-corrected chi connectivity index (χ3v) is 1.90. The zero-order valence-corrected chi connectivity index (χ0v) is 9.17. The Morgan fingerprint density at radius 1 is 1.44 bits per heavy atom. The molecule has 0 N–H and O–H groups in total. The molecule has 0 aromatic carbocycles. The highest BCUT2D eigenvalue weighted by molar-refractivity contribution is 5.98. The first-order chi connectivity index (χ1) is 7.63. The van der Waals surface area contributed by atoms with Gasteiger partial charge in [-0.1, -0.05) is 0 Å². The number of carbonyl (C=O) groups excluding carboxylic acids is 1. The van der Waals surface area contributed by atoms with Gasteiger partial charge in [0.05, 0.1) is 12.7 Å². The molecule has 0 saturated heterocycles. The van der Waals surface area contributed by atoms with Crippen LogP contribution in [0.5, 0.6) is 5.88 Å². The highest BCUT2D eigenvalue weighted by Gasteiger charge is 2.15. The summed E-state index contributed by atoms with van der Waals surface area (Å²) in [6.07, 6.45) is 0. The van der Waals surface area contributed by atoms with Gasteiger partial charge in [0, 0.05) is 19.5 Å². The summed E-state index contributed by atoms with van der Waals surface area (Å²) in [4.78, 5) is 15.4. The van der Waals surface area contributed by atoms with E-state index in [-0.39, 0.29) is 11.6 Å². The lowest BCUT2D eigenvalue weighted by atomic mass is 10.2. The van der Waals surface area contributed by atoms with E-state index in [9.17, 15) is 4.79 Å². The number of ether oxygens (including phenoxy) is 1. The quantitative estimate of drug-likeness (QED) is 0.426. The van der Waals surface area contributed by atoms with Gasteiger partial charge >= 0.3 is 0 Å². The lowest BCUT2D eigenvalue weighted by Crippen LogP contribution is -2.13. The van der Waals surface area contributed by atoms with Gasteiger partial charge in [-0.3, -0.25) is 4.79 Å². The van der Waals surface area contributed by atoms with E-state index >= 15 is 0 Å². The third kappa shape index (κ3) is 2.22. The van der Waals surface area contributed by atoms with Crippen LogP contribution in [-0.4, -0.2) is 31.3 Å². The number of hydrazone groups is 2. The maximum absolute atomic E-state index is 11.4. The van der Waals surface area contributed by atoms with Crippen molar-refractivity contribution in [2.75, 3.05) is 12.2 Å². The molecule has 16 heavy (non-hydrogen) atoms. The fourth-order valence-electron chi connectivity index (χ4n) is 1.15. The molecule has 84 valence electrons. The number of hydrogen-bond acceptors (Lipinski definition) is 6. The first-order valence-corrected chi connectivity index (χ1v) is 4.43. The fourth-order valence-corrected chi connectivity index (χ4v) is 1.15. The number of Topliss-reactive ketones (excluding diaryl/α,β-unsaturated/α-hetero) is 1. The molecule has 0 amide bonds. The maximum Gasteiger partial charge on any atom is 0.215 e. The molecule has 1 aromatic rings. The van der Waals surface area contributed by atoms with E-state index in [1.165, 1.54) is 14.0 Å². The smallest absolute Gasteiger partial charge is 0.215 e. The number of rotatable bonds is 5. The largest absolute Gasteiger partial charge is 0.481 e. The molecule has 1 rings (SSSR count). The number of carbonyl (C=O) groups is 1. The Morgan fingerprint density at radius 2 is 2.06 bits per heavy atom. The molecule has 6 heteroatoms. The zero-order chi connectivity index (χ0) is 12.1. The second-order valence-electron chi connectivity index (χ2n) is 2.85. The van der Waals surface area contributed by atoms with Crippen molar-refractivity contribution in [1.82, 2.24) is 4.98 Å². The van der Waals surface area contributed by atoms with Crippen molar-refractivity contribution in [1.29, 1.82) is 0 Å². The van der Waals surface area contributed by atoms with Gasteiger partial charge in [-0.25, -0.2) is 0 Å². The topological polar surface area (TPSA) is 67.2 Å². The Bertz CT molecular complexity index is 423. The molecule has 0 spiro atoms. The number of ketones is 1. The van der Waals surface area contributed by atoms with Crippen LogP contribution in [0.2, 0.25) is 0 Å². The summed E-state index contributed by atoms with van der Waals surface area (Å²) in [5, 5.41) is 8.23. The molecule has 0 aliphatic carbocycles. The normalized spacial score (nSPS) is 9.38. The van der Waals surface area contributed by atoms with Crippen LogP contribution < -0.4 is 9.85 Å². The predicted octanol–water partition coefficient (Wildman–Crippen LogP) is 1.33. The summed E-state index contributed by atoms with van der Waals surface area (Å²) in [6, 6.07) is 3.18. The molecule has 0 aliphatic rings. The van der Waals surface area contributed by atoms with Gasteiger partial charge in [0.2, 0.25) is 5.88 Å². The Balaban J connectivity index is 3.34. The van der Waals surface area contributed by atoms with Crippen LogP contribution in [0, 0.1) is 0 Å². The summed E-state index contributed by atoms with van der Waals surface area (Å²) < 4.78 is 4.96. The molecule has 0 aliphatic heterocycles. The van der Waals surface area contributed by atoms with E-state index in [0.717, 1.165) is 5.12 Å². The van der Waals surface area contributed by atoms with Crippen molar-refractivity contribution in [3.63, 3.8) is 0 Å². The SMILES string of the molecule is C=NN(N=C)c1nc(OC)ccc1C(C)=O. The van der Waals surface area contributed by atoms with E-state index in [1.807, 2.05) is 0 Å². The lowest BCUT2D eigenvalue weighted by molar-refractivity contribution is 0.101. The fraction of sp³-hybridized carbons (Fsp3) is 0.200. The lowest BCUT2D eigenvalue weighted by Gasteiger charge is -2.13. The summed E-state index contributed by atoms with van der Waals surface area (Å²) in [6.45, 7) is 8.06. The van der Waals surface area contributed by atoms with Crippen molar-refractivity contribution in [2.45, 2.75) is 6.92 Å².